The molecule has 0 saturated heterocycles. The van der Waals surface area contributed by atoms with Crippen LogP contribution in [0.15, 0.2) is 41.7 Å². The van der Waals surface area contributed by atoms with Crippen molar-refractivity contribution in [3.63, 3.8) is 0 Å². The Morgan fingerprint density at radius 3 is 1.96 bits per heavy atom. The predicted molar refractivity (Wildman–Crippen MR) is 72.8 cm³/mol. The fourth-order valence-electron chi connectivity index (χ4n) is 1.67. The fourth-order valence-corrected chi connectivity index (χ4v) is 1.67. The standard InChI is InChI=1S/C12H5N3O8/c16-12(7-3-1-2-4-7)23-11-9(14(19)20)5-8(13(17)18)6-10(11)15(21)22/h1-3,5-6H. The second kappa shape index (κ2) is 5.87. The van der Waals surface area contributed by atoms with E-state index in [-0.39, 0.29) is 5.57 Å². The summed E-state index contributed by atoms with van der Waals surface area (Å²) in [6.07, 6.45) is 4.09. The molecule has 0 unspecified atom stereocenters. The molecular weight excluding hydrogens is 314 g/mol. The molecule has 23 heavy (non-hydrogen) atoms. The van der Waals surface area contributed by atoms with Crippen molar-refractivity contribution in [1.82, 2.24) is 0 Å². The van der Waals surface area contributed by atoms with E-state index in [0.29, 0.717) is 12.1 Å². The molecule has 0 aliphatic heterocycles. The molecule has 11 nitrogen and oxygen atoms in total. The van der Waals surface area contributed by atoms with Gasteiger partial charge in [0, 0.05) is 0 Å². The van der Waals surface area contributed by atoms with Gasteiger partial charge in [-0.3, -0.25) is 30.3 Å². The Bertz CT molecular complexity index is 813. The third-order valence-corrected chi connectivity index (χ3v) is 2.65. The number of non-ortho nitro benzene ring substituents is 1. The van der Waals surface area contributed by atoms with Crippen LogP contribution in [0.3, 0.4) is 0 Å². The SMILES string of the molecule is O=C(Oc1c([N+](=O)[O-])cc([N+](=O)[O-])cc1[N+](=O)[O-])C1=C=CC=C1. The van der Waals surface area contributed by atoms with Crippen LogP contribution in [0.2, 0.25) is 0 Å². The maximum Gasteiger partial charge on any atom is 0.351 e. The summed E-state index contributed by atoms with van der Waals surface area (Å²) in [5, 5.41) is 32.7. The van der Waals surface area contributed by atoms with E-state index in [1.165, 1.54) is 18.2 Å². The normalized spacial score (nSPS) is 11.9. The number of hydrogen-bond acceptors (Lipinski definition) is 8. The minimum atomic E-state index is -1.12. The van der Waals surface area contributed by atoms with E-state index < -0.39 is 43.6 Å². The van der Waals surface area contributed by atoms with E-state index >= 15 is 0 Å². The first-order valence-corrected chi connectivity index (χ1v) is 5.78. The van der Waals surface area contributed by atoms with Crippen molar-refractivity contribution < 1.29 is 24.3 Å². The molecule has 0 amide bonds. The molecule has 1 aromatic carbocycles. The lowest BCUT2D eigenvalue weighted by Crippen LogP contribution is -2.12. The highest BCUT2D eigenvalue weighted by atomic mass is 16.6. The lowest BCUT2D eigenvalue weighted by molar-refractivity contribution is -0.404. The van der Waals surface area contributed by atoms with Crippen LogP contribution in [-0.4, -0.2) is 20.7 Å². The number of esters is 1. The van der Waals surface area contributed by atoms with Gasteiger partial charge >= 0.3 is 17.3 Å². The van der Waals surface area contributed by atoms with E-state index in [4.69, 9.17) is 4.74 Å². The summed E-state index contributed by atoms with van der Waals surface area (Å²) in [5.41, 5.74) is -0.643. The monoisotopic (exact) mass is 319 g/mol. The number of carbonyl (C=O) groups is 1. The molecule has 11 heteroatoms. The predicted octanol–water partition coefficient (Wildman–Crippen LogP) is 1.97. The summed E-state index contributed by atoms with van der Waals surface area (Å²) in [6, 6.07) is 0.953. The van der Waals surface area contributed by atoms with Crippen molar-refractivity contribution in [1.29, 1.82) is 0 Å². The minimum absolute atomic E-state index is 0.105. The number of ether oxygens (including phenoxy) is 1. The summed E-state index contributed by atoms with van der Waals surface area (Å²) in [4.78, 5) is 41.3. The van der Waals surface area contributed by atoms with Crippen molar-refractivity contribution in [2.45, 2.75) is 0 Å². The molecule has 0 heterocycles. The van der Waals surface area contributed by atoms with Gasteiger partial charge in [-0.25, -0.2) is 4.79 Å². The molecule has 1 aliphatic carbocycles. The molecule has 0 N–H and O–H groups in total. The summed E-state index contributed by atoms with van der Waals surface area (Å²) < 4.78 is 4.70. The molecule has 0 spiro atoms. The van der Waals surface area contributed by atoms with Gasteiger partial charge in [-0.15, -0.1) is 5.73 Å². The van der Waals surface area contributed by atoms with Crippen LogP contribution >= 0.6 is 0 Å². The topological polar surface area (TPSA) is 156 Å². The number of allylic oxidation sites excluding steroid dienone is 1. The van der Waals surface area contributed by atoms with Gasteiger partial charge in [0.2, 0.25) is 0 Å². The van der Waals surface area contributed by atoms with E-state index in [2.05, 4.69) is 5.73 Å². The van der Waals surface area contributed by atoms with Crippen molar-refractivity contribution >= 4 is 23.0 Å². The molecule has 116 valence electrons. The van der Waals surface area contributed by atoms with Gasteiger partial charge < -0.3 is 4.74 Å². The average Bonchev–Trinajstić information content (AvgIpc) is 3.00. The van der Waals surface area contributed by atoms with Crippen molar-refractivity contribution in [2.75, 3.05) is 0 Å². The first-order chi connectivity index (χ1) is 10.8. The van der Waals surface area contributed by atoms with Crippen LogP contribution in [-0.2, 0) is 4.79 Å². The minimum Gasteiger partial charge on any atom is -0.408 e. The van der Waals surface area contributed by atoms with Gasteiger partial charge in [-0.1, -0.05) is 6.08 Å². The van der Waals surface area contributed by atoms with E-state index in [0.717, 1.165) is 0 Å². The summed E-state index contributed by atoms with van der Waals surface area (Å²) in [5.74, 6) is -2.10. The van der Waals surface area contributed by atoms with Crippen LogP contribution < -0.4 is 4.74 Å². The molecule has 0 radical (unpaired) electrons. The molecule has 2 rings (SSSR count). The molecule has 0 aromatic heterocycles. The van der Waals surface area contributed by atoms with Gasteiger partial charge in [0.25, 0.3) is 11.4 Å². The first-order valence-electron chi connectivity index (χ1n) is 5.78. The molecule has 1 aliphatic rings. The maximum atomic E-state index is 11.8. The first kappa shape index (κ1) is 15.5. The fraction of sp³-hybridized carbons (Fsp3) is 0. The van der Waals surface area contributed by atoms with E-state index in [1.54, 1.807) is 0 Å². The molecule has 0 bridgehead atoms. The summed E-state index contributed by atoms with van der Waals surface area (Å²) >= 11 is 0. The largest absolute Gasteiger partial charge is 0.408 e. The van der Waals surface area contributed by atoms with Gasteiger partial charge in [0.15, 0.2) is 0 Å². The van der Waals surface area contributed by atoms with Crippen LogP contribution in [0, 0.1) is 30.3 Å². The van der Waals surface area contributed by atoms with Crippen LogP contribution in [0.25, 0.3) is 0 Å². The number of nitrogens with zero attached hydrogens (tertiary/aromatic N) is 3. The zero-order chi connectivity index (χ0) is 17.1. The van der Waals surface area contributed by atoms with Gasteiger partial charge in [-0.2, -0.15) is 0 Å². The Hall–Kier alpha value is -3.85. The second-order valence-corrected chi connectivity index (χ2v) is 4.06. The van der Waals surface area contributed by atoms with Crippen molar-refractivity contribution in [3.05, 3.63) is 72.0 Å². The van der Waals surface area contributed by atoms with Crippen molar-refractivity contribution in [2.24, 2.45) is 0 Å². The van der Waals surface area contributed by atoms with Gasteiger partial charge in [0.1, 0.15) is 5.57 Å². The Balaban J connectivity index is 2.59. The number of benzene rings is 1. The maximum absolute atomic E-state index is 11.8. The molecule has 0 fully saturated rings. The number of carbonyl (C=O) groups excluding carboxylic acids is 1. The number of nitro benzene ring substituents is 3. The van der Waals surface area contributed by atoms with E-state index in [9.17, 15) is 35.1 Å². The van der Waals surface area contributed by atoms with Crippen LogP contribution in [0.5, 0.6) is 5.75 Å². The Labute approximate surface area is 126 Å². The number of nitro groups is 3. The lowest BCUT2D eigenvalue weighted by Gasteiger charge is -2.05. The number of rotatable bonds is 5. The zero-order valence-corrected chi connectivity index (χ0v) is 11.0. The van der Waals surface area contributed by atoms with Crippen molar-refractivity contribution in [3.8, 4) is 5.75 Å². The third-order valence-electron chi connectivity index (χ3n) is 2.65. The highest BCUT2D eigenvalue weighted by Gasteiger charge is 2.34. The van der Waals surface area contributed by atoms with Gasteiger partial charge in [-0.05, 0) is 12.2 Å². The highest BCUT2D eigenvalue weighted by Crippen LogP contribution is 2.40. The van der Waals surface area contributed by atoms with Gasteiger partial charge in [0.05, 0.1) is 26.9 Å². The smallest absolute Gasteiger partial charge is 0.351 e. The third kappa shape index (κ3) is 3.09. The highest BCUT2D eigenvalue weighted by molar-refractivity contribution is 5.94. The second-order valence-electron chi connectivity index (χ2n) is 4.06. The van der Waals surface area contributed by atoms with E-state index in [1.807, 2.05) is 0 Å². The summed E-state index contributed by atoms with van der Waals surface area (Å²) in [6.45, 7) is 0. The number of hydrogen-bond donors (Lipinski definition) is 0. The lowest BCUT2D eigenvalue weighted by atomic mass is 10.2. The van der Waals surface area contributed by atoms with Crippen LogP contribution in [0.1, 0.15) is 0 Å². The Morgan fingerprint density at radius 2 is 1.57 bits per heavy atom. The quantitative estimate of drug-likeness (QED) is 0.262. The van der Waals surface area contributed by atoms with Crippen LogP contribution in [0.4, 0.5) is 17.1 Å². The Morgan fingerprint density at radius 1 is 1.00 bits per heavy atom. The Kier molecular flexibility index (Phi) is 3.97. The molecule has 0 saturated carbocycles. The molecule has 0 atom stereocenters. The summed E-state index contributed by atoms with van der Waals surface area (Å²) in [7, 11) is 0. The average molecular weight is 319 g/mol. The zero-order valence-electron chi connectivity index (χ0n) is 11.0. The molecular formula is C12H5N3O8. The molecule has 1 aromatic rings.